The number of nitrogens with one attached hydrogen (secondary N) is 1. The number of hydrogen-bond donors (Lipinski definition) is 1. The second-order valence-electron chi connectivity index (χ2n) is 3.75. The van der Waals surface area contributed by atoms with Crippen LogP contribution < -0.4 is 5.32 Å². The lowest BCUT2D eigenvalue weighted by Gasteiger charge is -2.23. The largest absolute Gasteiger partial charge is 0.469 e. The van der Waals surface area contributed by atoms with E-state index in [0.29, 0.717) is 13.1 Å². The molecular formula is C11H14N2O3S. The predicted molar refractivity (Wildman–Crippen MR) is 63.4 cm³/mol. The Bertz CT molecular complexity index is 405. The molecule has 0 saturated carbocycles. The van der Waals surface area contributed by atoms with E-state index in [0.717, 1.165) is 5.56 Å². The lowest BCUT2D eigenvalue weighted by atomic mass is 10.2. The first kappa shape index (κ1) is 12.1. The van der Waals surface area contributed by atoms with Gasteiger partial charge in [-0.05, 0) is 22.4 Å². The van der Waals surface area contributed by atoms with Crippen molar-refractivity contribution in [3.05, 3.63) is 22.4 Å². The molecule has 1 aliphatic heterocycles. The molecule has 1 saturated heterocycles. The summed E-state index contributed by atoms with van der Waals surface area (Å²) < 4.78 is 4.58. The van der Waals surface area contributed by atoms with E-state index in [9.17, 15) is 9.59 Å². The van der Waals surface area contributed by atoms with Gasteiger partial charge in [-0.3, -0.25) is 14.9 Å². The Labute approximate surface area is 103 Å². The summed E-state index contributed by atoms with van der Waals surface area (Å²) in [4.78, 5) is 24.5. The number of carbonyl (C=O) groups is 2. The third-order valence-corrected chi connectivity index (χ3v) is 3.42. The van der Waals surface area contributed by atoms with Gasteiger partial charge >= 0.3 is 5.97 Å². The molecule has 0 aliphatic carbocycles. The number of rotatable bonds is 4. The van der Waals surface area contributed by atoms with E-state index in [4.69, 9.17) is 0 Å². The summed E-state index contributed by atoms with van der Waals surface area (Å²) in [6.45, 7) is 0.709. The Morgan fingerprint density at radius 2 is 2.53 bits per heavy atom. The van der Waals surface area contributed by atoms with Crippen LogP contribution in [0.2, 0.25) is 0 Å². The molecule has 0 bridgehead atoms. The highest BCUT2D eigenvalue weighted by Crippen LogP contribution is 2.24. The van der Waals surface area contributed by atoms with Crippen molar-refractivity contribution in [2.24, 2.45) is 0 Å². The van der Waals surface area contributed by atoms with Crippen molar-refractivity contribution in [2.75, 3.05) is 20.2 Å². The maximum atomic E-state index is 11.7. The number of amides is 1. The van der Waals surface area contributed by atoms with Gasteiger partial charge < -0.3 is 9.64 Å². The maximum absolute atomic E-state index is 11.7. The lowest BCUT2D eigenvalue weighted by molar-refractivity contribution is -0.141. The Hall–Kier alpha value is -1.40. The number of nitrogens with zero attached hydrogens (tertiary/aromatic N) is 1. The summed E-state index contributed by atoms with van der Waals surface area (Å²) in [5, 5.41) is 7.10. The topological polar surface area (TPSA) is 58.6 Å². The number of carbonyl (C=O) groups excluding carboxylic acids is 2. The summed E-state index contributed by atoms with van der Waals surface area (Å²) >= 11 is 1.59. The number of ether oxygens (including phenoxy) is 1. The molecule has 17 heavy (non-hydrogen) atoms. The van der Waals surface area contributed by atoms with Crippen molar-refractivity contribution in [3.63, 3.8) is 0 Å². The summed E-state index contributed by atoms with van der Waals surface area (Å²) in [5.41, 5.74) is 1.06. The average Bonchev–Trinajstić information content (AvgIpc) is 2.95. The molecule has 1 aromatic rings. The normalized spacial score (nSPS) is 19.7. The summed E-state index contributed by atoms with van der Waals surface area (Å²) in [6.07, 6.45) is 0.114. The minimum absolute atomic E-state index is 0.0186. The Kier molecular flexibility index (Phi) is 3.75. The van der Waals surface area contributed by atoms with E-state index in [1.807, 2.05) is 16.8 Å². The highest BCUT2D eigenvalue weighted by Gasteiger charge is 2.31. The van der Waals surface area contributed by atoms with E-state index in [1.165, 1.54) is 7.11 Å². The van der Waals surface area contributed by atoms with Gasteiger partial charge in [0.15, 0.2) is 0 Å². The van der Waals surface area contributed by atoms with Crippen molar-refractivity contribution >= 4 is 23.2 Å². The molecule has 0 spiro atoms. The summed E-state index contributed by atoms with van der Waals surface area (Å²) in [6, 6.07) is 1.98. The van der Waals surface area contributed by atoms with Crippen LogP contribution in [0.25, 0.3) is 0 Å². The molecule has 2 heterocycles. The second kappa shape index (κ2) is 5.29. The Balaban J connectivity index is 2.02. The van der Waals surface area contributed by atoms with E-state index in [1.54, 1.807) is 16.2 Å². The van der Waals surface area contributed by atoms with Crippen LogP contribution in [-0.2, 0) is 14.3 Å². The molecule has 1 amide bonds. The van der Waals surface area contributed by atoms with Gasteiger partial charge in [-0.2, -0.15) is 11.3 Å². The number of hydrogen-bond acceptors (Lipinski definition) is 5. The Morgan fingerprint density at radius 1 is 1.71 bits per heavy atom. The van der Waals surface area contributed by atoms with Gasteiger partial charge in [0.1, 0.15) is 6.17 Å². The second-order valence-corrected chi connectivity index (χ2v) is 4.53. The third kappa shape index (κ3) is 2.65. The van der Waals surface area contributed by atoms with Gasteiger partial charge in [0.05, 0.1) is 20.1 Å². The fourth-order valence-corrected chi connectivity index (χ4v) is 2.51. The highest BCUT2D eigenvalue weighted by molar-refractivity contribution is 7.07. The van der Waals surface area contributed by atoms with Crippen LogP contribution >= 0.6 is 11.3 Å². The third-order valence-electron chi connectivity index (χ3n) is 2.72. The predicted octanol–water partition coefficient (Wildman–Crippen LogP) is 0.742. The van der Waals surface area contributed by atoms with E-state index in [-0.39, 0.29) is 24.5 Å². The monoisotopic (exact) mass is 254 g/mol. The molecule has 1 atom stereocenters. The zero-order chi connectivity index (χ0) is 12.3. The highest BCUT2D eigenvalue weighted by atomic mass is 32.1. The first-order valence-electron chi connectivity index (χ1n) is 5.34. The maximum Gasteiger partial charge on any atom is 0.307 e. The van der Waals surface area contributed by atoms with Crippen LogP contribution in [0, 0.1) is 0 Å². The summed E-state index contributed by atoms with van der Waals surface area (Å²) in [5.74, 6) is -0.279. The van der Waals surface area contributed by atoms with Crippen molar-refractivity contribution in [1.29, 1.82) is 0 Å². The van der Waals surface area contributed by atoms with Crippen LogP contribution in [-0.4, -0.2) is 37.0 Å². The number of thiophene rings is 1. The minimum Gasteiger partial charge on any atom is -0.469 e. The van der Waals surface area contributed by atoms with Crippen molar-refractivity contribution < 1.29 is 14.3 Å². The van der Waals surface area contributed by atoms with E-state index >= 15 is 0 Å². The molecule has 6 heteroatoms. The standard InChI is InChI=1S/C11H14N2O3S/c1-16-10(15)2-4-13-9(14)6-12-11(13)8-3-5-17-7-8/h3,5,7,11-12H,2,4,6H2,1H3. The fourth-order valence-electron chi connectivity index (χ4n) is 1.84. The van der Waals surface area contributed by atoms with Crippen LogP contribution in [0.5, 0.6) is 0 Å². The molecule has 1 unspecified atom stereocenters. The van der Waals surface area contributed by atoms with Crippen LogP contribution in [0.15, 0.2) is 16.8 Å². The Morgan fingerprint density at radius 3 is 3.18 bits per heavy atom. The molecule has 5 nitrogen and oxygen atoms in total. The quantitative estimate of drug-likeness (QED) is 0.805. The SMILES string of the molecule is COC(=O)CCN1C(=O)CNC1c1ccsc1. The zero-order valence-corrected chi connectivity index (χ0v) is 10.3. The molecule has 2 rings (SSSR count). The van der Waals surface area contributed by atoms with Gasteiger partial charge in [-0.1, -0.05) is 0 Å². The minimum atomic E-state index is -0.297. The van der Waals surface area contributed by atoms with Gasteiger partial charge in [0.25, 0.3) is 0 Å². The first-order valence-corrected chi connectivity index (χ1v) is 6.28. The van der Waals surface area contributed by atoms with Gasteiger partial charge in [0, 0.05) is 6.54 Å². The van der Waals surface area contributed by atoms with Crippen molar-refractivity contribution in [2.45, 2.75) is 12.6 Å². The van der Waals surface area contributed by atoms with Crippen molar-refractivity contribution in [3.8, 4) is 0 Å². The van der Waals surface area contributed by atoms with Crippen LogP contribution in [0.1, 0.15) is 18.2 Å². The zero-order valence-electron chi connectivity index (χ0n) is 9.51. The molecule has 0 radical (unpaired) electrons. The van der Waals surface area contributed by atoms with E-state index < -0.39 is 0 Å². The van der Waals surface area contributed by atoms with Crippen LogP contribution in [0.3, 0.4) is 0 Å². The molecule has 1 aliphatic rings. The molecular weight excluding hydrogens is 240 g/mol. The van der Waals surface area contributed by atoms with Crippen LogP contribution in [0.4, 0.5) is 0 Å². The smallest absolute Gasteiger partial charge is 0.307 e. The molecule has 1 aromatic heterocycles. The molecule has 1 N–H and O–H groups in total. The van der Waals surface area contributed by atoms with Gasteiger partial charge in [0.2, 0.25) is 5.91 Å². The van der Waals surface area contributed by atoms with Gasteiger partial charge in [-0.15, -0.1) is 0 Å². The molecule has 1 fully saturated rings. The number of methoxy groups -OCH3 is 1. The fraction of sp³-hybridized carbons (Fsp3) is 0.455. The van der Waals surface area contributed by atoms with Gasteiger partial charge in [-0.25, -0.2) is 0 Å². The number of esters is 1. The molecule has 0 aromatic carbocycles. The molecule has 92 valence electrons. The van der Waals surface area contributed by atoms with Crippen molar-refractivity contribution in [1.82, 2.24) is 10.2 Å². The van der Waals surface area contributed by atoms with E-state index in [2.05, 4.69) is 10.1 Å². The lowest BCUT2D eigenvalue weighted by Crippen LogP contribution is -2.32. The first-order chi connectivity index (χ1) is 8.22. The average molecular weight is 254 g/mol. The summed E-state index contributed by atoms with van der Waals surface area (Å²) in [7, 11) is 1.35.